The van der Waals surface area contributed by atoms with Crippen molar-refractivity contribution in [3.8, 4) is 5.75 Å². The monoisotopic (exact) mass is 233 g/mol. The third-order valence-corrected chi connectivity index (χ3v) is 3.09. The van der Waals surface area contributed by atoms with E-state index in [0.717, 1.165) is 22.3 Å². The van der Waals surface area contributed by atoms with Crippen molar-refractivity contribution >= 4 is 16.9 Å². The molecule has 0 bridgehead atoms. The molecule has 1 aromatic carbocycles. The Balaban J connectivity index is 2.69. The van der Waals surface area contributed by atoms with Crippen molar-refractivity contribution in [1.82, 2.24) is 4.57 Å². The molecule has 2 rings (SSSR count). The molecule has 0 spiro atoms. The SMILES string of the molecule is COc1cccc2cc(C(C)C(=O)O)n(C)c12. The fraction of sp³-hybridized carbons (Fsp3) is 0.308. The van der Waals surface area contributed by atoms with E-state index in [-0.39, 0.29) is 0 Å². The molecule has 4 heteroatoms. The third-order valence-electron chi connectivity index (χ3n) is 3.09. The van der Waals surface area contributed by atoms with Crippen LogP contribution in [-0.2, 0) is 11.8 Å². The van der Waals surface area contributed by atoms with Crippen molar-refractivity contribution in [2.24, 2.45) is 7.05 Å². The van der Waals surface area contributed by atoms with Gasteiger partial charge in [-0.05, 0) is 19.1 Å². The van der Waals surface area contributed by atoms with Gasteiger partial charge in [-0.1, -0.05) is 12.1 Å². The lowest BCUT2D eigenvalue weighted by molar-refractivity contribution is -0.138. The number of para-hydroxylation sites is 1. The second-order valence-electron chi connectivity index (χ2n) is 4.09. The second-order valence-corrected chi connectivity index (χ2v) is 4.09. The second kappa shape index (κ2) is 4.13. The Labute approximate surface area is 99.4 Å². The number of carboxylic acids is 1. The van der Waals surface area contributed by atoms with Gasteiger partial charge in [-0.15, -0.1) is 0 Å². The molecule has 0 aliphatic carbocycles. The minimum absolute atomic E-state index is 0.530. The number of aliphatic carboxylic acids is 1. The van der Waals surface area contributed by atoms with E-state index in [2.05, 4.69) is 0 Å². The fourth-order valence-corrected chi connectivity index (χ4v) is 2.11. The number of nitrogens with zero attached hydrogens (tertiary/aromatic N) is 1. The molecule has 1 unspecified atom stereocenters. The average Bonchev–Trinajstić information content (AvgIpc) is 2.65. The van der Waals surface area contributed by atoms with Crippen molar-refractivity contribution in [2.75, 3.05) is 7.11 Å². The molecular formula is C13H15NO3. The predicted molar refractivity (Wildman–Crippen MR) is 65.5 cm³/mol. The molecule has 0 fully saturated rings. The first-order valence-corrected chi connectivity index (χ1v) is 5.41. The van der Waals surface area contributed by atoms with Crippen LogP contribution >= 0.6 is 0 Å². The van der Waals surface area contributed by atoms with Crippen molar-refractivity contribution in [3.63, 3.8) is 0 Å². The number of carbonyl (C=O) groups is 1. The normalized spacial score (nSPS) is 12.6. The third kappa shape index (κ3) is 1.75. The maximum Gasteiger partial charge on any atom is 0.312 e. The Hall–Kier alpha value is -1.97. The van der Waals surface area contributed by atoms with Crippen molar-refractivity contribution in [1.29, 1.82) is 0 Å². The zero-order valence-corrected chi connectivity index (χ0v) is 10.1. The standard InChI is InChI=1S/C13H15NO3/c1-8(13(15)16)10-7-9-5-4-6-11(17-3)12(9)14(10)2/h4-8H,1-3H3,(H,15,16). The number of hydrogen-bond donors (Lipinski definition) is 1. The van der Waals surface area contributed by atoms with Gasteiger partial charge >= 0.3 is 5.97 Å². The molecule has 90 valence electrons. The van der Waals surface area contributed by atoms with E-state index in [1.165, 1.54) is 0 Å². The molecule has 1 aromatic heterocycles. The van der Waals surface area contributed by atoms with Crippen molar-refractivity contribution in [2.45, 2.75) is 12.8 Å². The summed E-state index contributed by atoms with van der Waals surface area (Å²) in [7, 11) is 3.47. The topological polar surface area (TPSA) is 51.5 Å². The first-order chi connectivity index (χ1) is 8.06. The quantitative estimate of drug-likeness (QED) is 0.885. The molecule has 1 atom stereocenters. The van der Waals surface area contributed by atoms with Gasteiger partial charge < -0.3 is 14.4 Å². The first-order valence-electron chi connectivity index (χ1n) is 5.41. The largest absolute Gasteiger partial charge is 0.495 e. The molecule has 4 nitrogen and oxygen atoms in total. The van der Waals surface area contributed by atoms with E-state index in [4.69, 9.17) is 9.84 Å². The lowest BCUT2D eigenvalue weighted by atomic mass is 10.1. The van der Waals surface area contributed by atoms with Crippen LogP contribution in [0.2, 0.25) is 0 Å². The van der Waals surface area contributed by atoms with Crippen molar-refractivity contribution in [3.05, 3.63) is 30.0 Å². The number of benzene rings is 1. The van der Waals surface area contributed by atoms with E-state index in [9.17, 15) is 4.79 Å². The molecule has 0 saturated heterocycles. The molecule has 1 heterocycles. The Morgan fingerprint density at radius 2 is 2.18 bits per heavy atom. The first kappa shape index (κ1) is 11.5. The van der Waals surface area contributed by atoms with Gasteiger partial charge in [0.15, 0.2) is 0 Å². The number of ether oxygens (including phenoxy) is 1. The minimum atomic E-state index is -0.824. The van der Waals surface area contributed by atoms with Gasteiger partial charge in [-0.25, -0.2) is 0 Å². The Morgan fingerprint density at radius 3 is 2.76 bits per heavy atom. The molecule has 0 aliphatic rings. The van der Waals surface area contributed by atoms with Crippen LogP contribution < -0.4 is 4.74 Å². The molecule has 0 amide bonds. The van der Waals surface area contributed by atoms with Crippen LogP contribution in [0.5, 0.6) is 5.75 Å². The summed E-state index contributed by atoms with van der Waals surface area (Å²) in [5.41, 5.74) is 1.70. The summed E-state index contributed by atoms with van der Waals surface area (Å²) in [6.45, 7) is 1.68. The highest BCUT2D eigenvalue weighted by molar-refractivity contribution is 5.88. The highest BCUT2D eigenvalue weighted by atomic mass is 16.5. The fourth-order valence-electron chi connectivity index (χ4n) is 2.11. The van der Waals surface area contributed by atoms with E-state index >= 15 is 0 Å². The summed E-state index contributed by atoms with van der Waals surface area (Å²) in [5, 5.41) is 10.1. The lowest BCUT2D eigenvalue weighted by Gasteiger charge is -2.09. The van der Waals surface area contributed by atoms with E-state index in [0.29, 0.717) is 0 Å². The summed E-state index contributed by atoms with van der Waals surface area (Å²) in [6.07, 6.45) is 0. The highest BCUT2D eigenvalue weighted by Gasteiger charge is 2.19. The number of fused-ring (bicyclic) bond motifs is 1. The minimum Gasteiger partial charge on any atom is -0.495 e. The molecule has 2 aromatic rings. The van der Waals surface area contributed by atoms with Crippen LogP contribution in [0, 0.1) is 0 Å². The highest BCUT2D eigenvalue weighted by Crippen LogP contribution is 2.30. The summed E-state index contributed by atoms with van der Waals surface area (Å²) < 4.78 is 7.18. The number of methoxy groups -OCH3 is 1. The summed E-state index contributed by atoms with van der Waals surface area (Å²) in [4.78, 5) is 11.0. The van der Waals surface area contributed by atoms with Gasteiger partial charge in [0.2, 0.25) is 0 Å². The van der Waals surface area contributed by atoms with Crippen LogP contribution in [0.1, 0.15) is 18.5 Å². The van der Waals surface area contributed by atoms with E-state index in [1.807, 2.05) is 35.9 Å². The number of rotatable bonds is 3. The molecular weight excluding hydrogens is 218 g/mol. The van der Waals surface area contributed by atoms with Crippen LogP contribution in [0.15, 0.2) is 24.3 Å². The van der Waals surface area contributed by atoms with Crippen LogP contribution in [-0.4, -0.2) is 22.8 Å². The Kier molecular flexibility index (Phi) is 2.79. The van der Waals surface area contributed by atoms with Gasteiger partial charge in [-0.3, -0.25) is 4.79 Å². The van der Waals surface area contributed by atoms with Gasteiger partial charge in [0, 0.05) is 18.1 Å². The molecule has 0 saturated carbocycles. The predicted octanol–water partition coefficient (Wildman–Crippen LogP) is 2.38. The van der Waals surface area contributed by atoms with Crippen LogP contribution in [0.4, 0.5) is 0 Å². The number of aromatic nitrogens is 1. The number of carboxylic acid groups (broad SMARTS) is 1. The molecule has 0 radical (unpaired) electrons. The van der Waals surface area contributed by atoms with Gasteiger partial charge in [0.25, 0.3) is 0 Å². The Bertz CT molecular complexity index is 571. The summed E-state index contributed by atoms with van der Waals surface area (Å²) in [5.74, 6) is -0.596. The maximum absolute atomic E-state index is 11.0. The van der Waals surface area contributed by atoms with E-state index in [1.54, 1.807) is 14.0 Å². The Morgan fingerprint density at radius 1 is 1.47 bits per heavy atom. The smallest absolute Gasteiger partial charge is 0.312 e. The number of aryl methyl sites for hydroxylation is 1. The maximum atomic E-state index is 11.0. The zero-order chi connectivity index (χ0) is 12.6. The van der Waals surface area contributed by atoms with Gasteiger partial charge in [-0.2, -0.15) is 0 Å². The molecule has 17 heavy (non-hydrogen) atoms. The van der Waals surface area contributed by atoms with Gasteiger partial charge in [0.1, 0.15) is 5.75 Å². The van der Waals surface area contributed by atoms with E-state index < -0.39 is 11.9 Å². The zero-order valence-electron chi connectivity index (χ0n) is 10.1. The molecule has 1 N–H and O–H groups in total. The molecule has 0 aliphatic heterocycles. The average molecular weight is 233 g/mol. The van der Waals surface area contributed by atoms with Crippen LogP contribution in [0.25, 0.3) is 10.9 Å². The number of hydrogen-bond acceptors (Lipinski definition) is 2. The van der Waals surface area contributed by atoms with Crippen molar-refractivity contribution < 1.29 is 14.6 Å². The summed E-state index contributed by atoms with van der Waals surface area (Å²) in [6, 6.07) is 7.63. The summed E-state index contributed by atoms with van der Waals surface area (Å²) >= 11 is 0. The van der Waals surface area contributed by atoms with Crippen LogP contribution in [0.3, 0.4) is 0 Å². The lowest BCUT2D eigenvalue weighted by Crippen LogP contribution is -2.11. The van der Waals surface area contributed by atoms with Gasteiger partial charge in [0.05, 0.1) is 18.5 Å².